The molecule has 0 aliphatic carbocycles. The minimum absolute atomic E-state index is 0.768. The molecule has 14 heavy (non-hydrogen) atoms. The zero-order valence-corrected chi connectivity index (χ0v) is 9.87. The van der Waals surface area contributed by atoms with Crippen LogP contribution in [0.5, 0.6) is 5.75 Å². The van der Waals surface area contributed by atoms with E-state index in [4.69, 9.17) is 17.0 Å². The molecule has 0 bridgehead atoms. The van der Waals surface area contributed by atoms with Crippen molar-refractivity contribution in [3.05, 3.63) is 29.8 Å². The van der Waals surface area contributed by atoms with E-state index in [2.05, 4.69) is 5.32 Å². The number of thioether (sulfide) groups is 1. The fourth-order valence-corrected chi connectivity index (χ4v) is 1.28. The largest absolute Gasteiger partial charge is 0.497 e. The Hall–Kier alpha value is -0.740. The number of ether oxygens (including phenoxy) is 1. The van der Waals surface area contributed by atoms with Crippen LogP contribution in [0.2, 0.25) is 0 Å². The van der Waals surface area contributed by atoms with Gasteiger partial charge in [0.15, 0.2) is 0 Å². The van der Waals surface area contributed by atoms with Crippen molar-refractivity contribution in [1.29, 1.82) is 0 Å². The fourth-order valence-electron chi connectivity index (χ4n) is 0.990. The zero-order valence-electron chi connectivity index (χ0n) is 8.24. The number of hydrogen-bond donors (Lipinski definition) is 1. The quantitative estimate of drug-likeness (QED) is 0.800. The summed E-state index contributed by atoms with van der Waals surface area (Å²) in [4.78, 5) is 0. The number of methoxy groups -OCH3 is 1. The molecule has 0 atom stereocenters. The van der Waals surface area contributed by atoms with Gasteiger partial charge >= 0.3 is 0 Å². The normalized spacial score (nSPS) is 9.57. The highest BCUT2D eigenvalue weighted by atomic mass is 32.2. The van der Waals surface area contributed by atoms with Crippen LogP contribution in [0.4, 0.5) is 0 Å². The van der Waals surface area contributed by atoms with Crippen LogP contribution in [0.25, 0.3) is 0 Å². The number of benzene rings is 1. The molecule has 1 aromatic carbocycles. The molecule has 0 saturated carbocycles. The molecule has 1 rings (SSSR count). The summed E-state index contributed by atoms with van der Waals surface area (Å²) in [6, 6.07) is 7.93. The predicted molar refractivity (Wildman–Crippen MR) is 65.9 cm³/mol. The standard InChI is InChI=1S/C10H13NOS2/c1-12-9-5-3-8(4-6-9)7-11-10(13)14-2/h3-6H,7H2,1-2H3,(H,11,13). The molecule has 2 nitrogen and oxygen atoms in total. The van der Waals surface area contributed by atoms with Crippen LogP contribution in [0, 0.1) is 0 Å². The molecular weight excluding hydrogens is 214 g/mol. The summed E-state index contributed by atoms with van der Waals surface area (Å²) in [5.41, 5.74) is 1.20. The first-order chi connectivity index (χ1) is 6.76. The summed E-state index contributed by atoms with van der Waals surface area (Å²) in [5.74, 6) is 0.876. The van der Waals surface area contributed by atoms with Crippen molar-refractivity contribution in [2.45, 2.75) is 6.54 Å². The van der Waals surface area contributed by atoms with E-state index in [-0.39, 0.29) is 0 Å². The molecule has 0 aromatic heterocycles. The topological polar surface area (TPSA) is 21.3 Å². The predicted octanol–water partition coefficient (Wildman–Crippen LogP) is 2.43. The Balaban J connectivity index is 2.47. The molecule has 0 unspecified atom stereocenters. The average molecular weight is 227 g/mol. The molecule has 0 aliphatic heterocycles. The van der Waals surface area contributed by atoms with Gasteiger partial charge in [-0.05, 0) is 24.0 Å². The van der Waals surface area contributed by atoms with Crippen molar-refractivity contribution < 1.29 is 4.74 Å². The lowest BCUT2D eigenvalue weighted by molar-refractivity contribution is 0.414. The van der Waals surface area contributed by atoms with Gasteiger partial charge in [0, 0.05) is 6.54 Å². The Bertz CT molecular complexity index is 297. The van der Waals surface area contributed by atoms with E-state index < -0.39 is 0 Å². The maximum absolute atomic E-state index is 5.07. The van der Waals surface area contributed by atoms with Gasteiger partial charge in [0.25, 0.3) is 0 Å². The van der Waals surface area contributed by atoms with Crippen LogP contribution in [0.3, 0.4) is 0 Å². The smallest absolute Gasteiger partial charge is 0.133 e. The average Bonchev–Trinajstić information content (AvgIpc) is 2.26. The van der Waals surface area contributed by atoms with E-state index in [9.17, 15) is 0 Å². The van der Waals surface area contributed by atoms with Crippen molar-refractivity contribution in [3.63, 3.8) is 0 Å². The lowest BCUT2D eigenvalue weighted by Crippen LogP contribution is -2.16. The Morgan fingerprint density at radius 3 is 2.57 bits per heavy atom. The molecule has 0 amide bonds. The molecule has 1 aromatic rings. The molecule has 76 valence electrons. The Kier molecular flexibility index (Phi) is 4.76. The molecule has 0 fully saturated rings. The van der Waals surface area contributed by atoms with Crippen LogP contribution >= 0.6 is 24.0 Å². The molecule has 0 radical (unpaired) electrons. The maximum atomic E-state index is 5.07. The summed E-state index contributed by atoms with van der Waals surface area (Å²) >= 11 is 6.58. The van der Waals surface area contributed by atoms with Crippen molar-refractivity contribution in [1.82, 2.24) is 5.32 Å². The molecule has 4 heteroatoms. The van der Waals surface area contributed by atoms with E-state index >= 15 is 0 Å². The fraction of sp³-hybridized carbons (Fsp3) is 0.300. The zero-order chi connectivity index (χ0) is 10.4. The first-order valence-corrected chi connectivity index (χ1v) is 5.84. The molecule has 1 N–H and O–H groups in total. The maximum Gasteiger partial charge on any atom is 0.133 e. The molecule has 0 aliphatic rings. The van der Waals surface area contributed by atoms with Gasteiger partial charge in [-0.15, -0.1) is 11.8 Å². The Labute approximate surface area is 94.0 Å². The van der Waals surface area contributed by atoms with Crippen LogP contribution < -0.4 is 10.1 Å². The Morgan fingerprint density at radius 2 is 2.07 bits per heavy atom. The van der Waals surface area contributed by atoms with Gasteiger partial charge < -0.3 is 10.1 Å². The van der Waals surface area contributed by atoms with Gasteiger partial charge in [0.2, 0.25) is 0 Å². The second-order valence-corrected chi connectivity index (χ2v) is 4.18. The van der Waals surface area contributed by atoms with Crippen molar-refractivity contribution in [3.8, 4) is 5.75 Å². The van der Waals surface area contributed by atoms with E-state index in [1.165, 1.54) is 5.56 Å². The number of thiocarbonyl (C=S) groups is 1. The summed E-state index contributed by atoms with van der Waals surface area (Å²) in [5, 5.41) is 3.14. The Morgan fingerprint density at radius 1 is 1.43 bits per heavy atom. The first kappa shape index (κ1) is 11.3. The highest BCUT2D eigenvalue weighted by Gasteiger charge is 1.95. The van der Waals surface area contributed by atoms with Gasteiger partial charge in [-0.2, -0.15) is 0 Å². The van der Waals surface area contributed by atoms with Gasteiger partial charge in [-0.1, -0.05) is 24.4 Å². The lowest BCUT2D eigenvalue weighted by atomic mass is 10.2. The van der Waals surface area contributed by atoms with E-state index in [1.54, 1.807) is 18.9 Å². The summed E-state index contributed by atoms with van der Waals surface area (Å²) in [7, 11) is 1.66. The van der Waals surface area contributed by atoms with Crippen molar-refractivity contribution in [2.24, 2.45) is 0 Å². The third kappa shape index (κ3) is 3.55. The first-order valence-electron chi connectivity index (χ1n) is 4.21. The van der Waals surface area contributed by atoms with Crippen LogP contribution in [-0.4, -0.2) is 17.7 Å². The monoisotopic (exact) mass is 227 g/mol. The molecule has 0 spiro atoms. The third-order valence-corrected chi connectivity index (χ3v) is 2.94. The van der Waals surface area contributed by atoms with E-state index in [1.807, 2.05) is 30.5 Å². The molecule has 0 heterocycles. The van der Waals surface area contributed by atoms with E-state index in [0.29, 0.717) is 0 Å². The number of rotatable bonds is 3. The van der Waals surface area contributed by atoms with Crippen LogP contribution in [0.15, 0.2) is 24.3 Å². The van der Waals surface area contributed by atoms with Crippen LogP contribution in [-0.2, 0) is 6.54 Å². The summed E-state index contributed by atoms with van der Waals surface area (Å²) in [6.07, 6.45) is 1.96. The van der Waals surface area contributed by atoms with Crippen LogP contribution in [0.1, 0.15) is 5.56 Å². The lowest BCUT2D eigenvalue weighted by Gasteiger charge is -2.06. The van der Waals surface area contributed by atoms with Gasteiger partial charge in [0.1, 0.15) is 10.1 Å². The minimum Gasteiger partial charge on any atom is -0.497 e. The summed E-state index contributed by atoms with van der Waals surface area (Å²) in [6.45, 7) is 0.768. The third-order valence-electron chi connectivity index (χ3n) is 1.78. The summed E-state index contributed by atoms with van der Waals surface area (Å²) < 4.78 is 5.89. The van der Waals surface area contributed by atoms with Gasteiger partial charge in [0.05, 0.1) is 7.11 Å². The van der Waals surface area contributed by atoms with Gasteiger partial charge in [-0.25, -0.2) is 0 Å². The number of nitrogens with one attached hydrogen (secondary N) is 1. The van der Waals surface area contributed by atoms with Crippen molar-refractivity contribution in [2.75, 3.05) is 13.4 Å². The second-order valence-electron chi connectivity index (χ2n) is 2.69. The van der Waals surface area contributed by atoms with E-state index in [0.717, 1.165) is 16.6 Å². The highest BCUT2D eigenvalue weighted by molar-refractivity contribution is 8.22. The van der Waals surface area contributed by atoms with Gasteiger partial charge in [-0.3, -0.25) is 0 Å². The SMILES string of the molecule is COc1ccc(CNC(=S)SC)cc1. The minimum atomic E-state index is 0.768. The molecular formula is C10H13NOS2. The molecule has 0 saturated heterocycles. The van der Waals surface area contributed by atoms with Crippen molar-refractivity contribution >= 4 is 28.3 Å². The second kappa shape index (κ2) is 5.88. The highest BCUT2D eigenvalue weighted by Crippen LogP contribution is 2.11. The number of hydrogen-bond acceptors (Lipinski definition) is 3.